The van der Waals surface area contributed by atoms with Crippen LogP contribution in [0.1, 0.15) is 26.5 Å². The zero-order chi connectivity index (χ0) is 22.9. The number of carboxylic acids is 1. The molecule has 0 aliphatic heterocycles. The number of fused-ring (bicyclic) bond motifs is 1. The van der Waals surface area contributed by atoms with Crippen molar-refractivity contribution in [2.24, 2.45) is 0 Å². The molecule has 0 bridgehead atoms. The van der Waals surface area contributed by atoms with Crippen LogP contribution < -0.4 is 10.3 Å². The SMILES string of the molecule is CC(C)(C)c1nc2ccc(-c3cccc(Oc4ccccc4)c3)cc2n(CC(=O)O)c1=O. The van der Waals surface area contributed by atoms with Crippen molar-refractivity contribution in [2.45, 2.75) is 32.7 Å². The van der Waals surface area contributed by atoms with Crippen LogP contribution in [-0.4, -0.2) is 20.6 Å². The molecule has 1 N–H and O–H groups in total. The largest absolute Gasteiger partial charge is 0.480 e. The lowest BCUT2D eigenvalue weighted by Gasteiger charge is -2.20. The number of hydrogen-bond donors (Lipinski definition) is 1. The van der Waals surface area contributed by atoms with E-state index in [1.807, 2.05) is 87.5 Å². The molecule has 0 saturated carbocycles. The molecule has 3 aromatic carbocycles. The van der Waals surface area contributed by atoms with E-state index in [0.717, 1.165) is 16.9 Å². The molecule has 4 aromatic rings. The molecule has 0 fully saturated rings. The minimum absolute atomic E-state index is 0.345. The third-order valence-corrected chi connectivity index (χ3v) is 5.10. The zero-order valence-corrected chi connectivity index (χ0v) is 18.2. The lowest BCUT2D eigenvalue weighted by molar-refractivity contribution is -0.137. The number of benzene rings is 3. The molecule has 0 unspecified atom stereocenters. The number of aromatic nitrogens is 2. The fraction of sp³-hybridized carbons (Fsp3) is 0.192. The van der Waals surface area contributed by atoms with Gasteiger partial charge < -0.3 is 9.84 Å². The van der Waals surface area contributed by atoms with Crippen LogP contribution in [0.15, 0.2) is 77.6 Å². The average Bonchev–Trinajstić information content (AvgIpc) is 2.75. The smallest absolute Gasteiger partial charge is 0.323 e. The average molecular weight is 428 g/mol. The second kappa shape index (κ2) is 8.30. The predicted molar refractivity (Wildman–Crippen MR) is 124 cm³/mol. The molecule has 1 heterocycles. The van der Waals surface area contributed by atoms with Crippen LogP contribution in [0.5, 0.6) is 11.5 Å². The van der Waals surface area contributed by atoms with E-state index in [9.17, 15) is 14.7 Å². The molecule has 0 radical (unpaired) electrons. The Balaban J connectivity index is 1.82. The Morgan fingerprint density at radius 3 is 2.31 bits per heavy atom. The molecule has 6 nitrogen and oxygen atoms in total. The number of para-hydroxylation sites is 1. The third-order valence-electron chi connectivity index (χ3n) is 5.10. The Kier molecular flexibility index (Phi) is 5.53. The summed E-state index contributed by atoms with van der Waals surface area (Å²) in [6.07, 6.45) is 0. The molecule has 0 saturated heterocycles. The predicted octanol–water partition coefficient (Wildman–Crippen LogP) is 5.24. The summed E-state index contributed by atoms with van der Waals surface area (Å²) < 4.78 is 7.22. The molecule has 0 amide bonds. The summed E-state index contributed by atoms with van der Waals surface area (Å²) in [6, 6.07) is 22.7. The summed E-state index contributed by atoms with van der Waals surface area (Å²) in [5.74, 6) is 0.332. The van der Waals surface area contributed by atoms with E-state index >= 15 is 0 Å². The van der Waals surface area contributed by atoms with Crippen LogP contribution in [-0.2, 0) is 16.8 Å². The van der Waals surface area contributed by atoms with Crippen molar-refractivity contribution in [3.63, 3.8) is 0 Å². The number of ether oxygens (including phenoxy) is 1. The van der Waals surface area contributed by atoms with Crippen LogP contribution in [0.3, 0.4) is 0 Å². The first kappa shape index (κ1) is 21.3. The fourth-order valence-electron chi connectivity index (χ4n) is 3.56. The summed E-state index contributed by atoms with van der Waals surface area (Å²) in [5.41, 5.74) is 2.23. The normalized spacial score (nSPS) is 11.5. The summed E-state index contributed by atoms with van der Waals surface area (Å²) in [5, 5.41) is 9.41. The monoisotopic (exact) mass is 428 g/mol. The Bertz CT molecular complexity index is 1350. The second-order valence-electron chi connectivity index (χ2n) is 8.64. The Morgan fingerprint density at radius 1 is 0.938 bits per heavy atom. The van der Waals surface area contributed by atoms with Gasteiger partial charge in [0.2, 0.25) is 0 Å². The summed E-state index contributed by atoms with van der Waals surface area (Å²) in [6.45, 7) is 5.24. The first-order valence-electron chi connectivity index (χ1n) is 10.3. The highest BCUT2D eigenvalue weighted by atomic mass is 16.5. The fourth-order valence-corrected chi connectivity index (χ4v) is 3.56. The van der Waals surface area contributed by atoms with E-state index in [-0.39, 0.29) is 5.56 Å². The van der Waals surface area contributed by atoms with Gasteiger partial charge >= 0.3 is 5.97 Å². The molecule has 0 aliphatic carbocycles. The van der Waals surface area contributed by atoms with Gasteiger partial charge in [-0.25, -0.2) is 4.98 Å². The highest BCUT2D eigenvalue weighted by Gasteiger charge is 2.23. The van der Waals surface area contributed by atoms with Crippen LogP contribution in [0, 0.1) is 0 Å². The number of aliphatic carboxylic acids is 1. The lowest BCUT2D eigenvalue weighted by Crippen LogP contribution is -2.34. The summed E-state index contributed by atoms with van der Waals surface area (Å²) >= 11 is 0. The quantitative estimate of drug-likeness (QED) is 0.470. The molecule has 162 valence electrons. The van der Waals surface area contributed by atoms with Gasteiger partial charge in [0, 0.05) is 5.41 Å². The Morgan fingerprint density at radius 2 is 1.62 bits per heavy atom. The van der Waals surface area contributed by atoms with Gasteiger partial charge in [-0.15, -0.1) is 0 Å². The van der Waals surface area contributed by atoms with Crippen LogP contribution in [0.2, 0.25) is 0 Å². The summed E-state index contributed by atoms with van der Waals surface area (Å²) in [7, 11) is 0. The van der Waals surface area contributed by atoms with Crippen molar-refractivity contribution in [3.8, 4) is 22.6 Å². The first-order valence-corrected chi connectivity index (χ1v) is 10.3. The molecule has 4 rings (SSSR count). The highest BCUT2D eigenvalue weighted by molar-refractivity contribution is 5.83. The number of nitrogens with zero attached hydrogens (tertiary/aromatic N) is 2. The minimum atomic E-state index is -1.08. The van der Waals surface area contributed by atoms with Crippen LogP contribution >= 0.6 is 0 Å². The van der Waals surface area contributed by atoms with Crippen molar-refractivity contribution < 1.29 is 14.6 Å². The standard InChI is InChI=1S/C26H24N2O4/c1-26(2,3)24-25(31)28(16-23(29)30)22-15-18(12-13-21(22)27-24)17-8-7-11-20(14-17)32-19-9-5-4-6-10-19/h4-15H,16H2,1-3H3,(H,29,30). The molecule has 6 heteroatoms. The number of carbonyl (C=O) groups is 1. The summed E-state index contributed by atoms with van der Waals surface area (Å²) in [4.78, 5) is 29.2. The maximum Gasteiger partial charge on any atom is 0.323 e. The second-order valence-corrected chi connectivity index (χ2v) is 8.64. The van der Waals surface area contributed by atoms with Gasteiger partial charge in [-0.05, 0) is 47.5 Å². The van der Waals surface area contributed by atoms with Crippen molar-refractivity contribution in [1.29, 1.82) is 0 Å². The molecule has 0 atom stereocenters. The zero-order valence-electron chi connectivity index (χ0n) is 18.2. The number of rotatable bonds is 5. The molecule has 0 spiro atoms. The molecule has 32 heavy (non-hydrogen) atoms. The van der Waals surface area contributed by atoms with Crippen molar-refractivity contribution in [2.75, 3.05) is 0 Å². The number of carboxylic acid groups (broad SMARTS) is 1. The van der Waals surface area contributed by atoms with E-state index < -0.39 is 17.9 Å². The van der Waals surface area contributed by atoms with E-state index in [4.69, 9.17) is 4.74 Å². The lowest BCUT2D eigenvalue weighted by atomic mass is 9.92. The van der Waals surface area contributed by atoms with Gasteiger partial charge in [0.1, 0.15) is 23.7 Å². The maximum atomic E-state index is 13.1. The van der Waals surface area contributed by atoms with E-state index in [1.165, 1.54) is 4.57 Å². The van der Waals surface area contributed by atoms with E-state index in [2.05, 4.69) is 4.98 Å². The Labute approximate surface area is 185 Å². The molecule has 0 aliphatic rings. The van der Waals surface area contributed by atoms with Gasteiger partial charge in [0.25, 0.3) is 5.56 Å². The Hall–Kier alpha value is -3.93. The van der Waals surface area contributed by atoms with Gasteiger partial charge in [-0.3, -0.25) is 14.2 Å². The maximum absolute atomic E-state index is 13.1. The highest BCUT2D eigenvalue weighted by Crippen LogP contribution is 2.29. The van der Waals surface area contributed by atoms with Gasteiger partial charge in [-0.2, -0.15) is 0 Å². The van der Waals surface area contributed by atoms with E-state index in [1.54, 1.807) is 6.07 Å². The molecule has 1 aromatic heterocycles. The van der Waals surface area contributed by atoms with E-state index in [0.29, 0.717) is 22.5 Å². The first-order chi connectivity index (χ1) is 15.2. The van der Waals surface area contributed by atoms with Crippen molar-refractivity contribution in [3.05, 3.63) is 88.8 Å². The van der Waals surface area contributed by atoms with Gasteiger partial charge in [0.15, 0.2) is 0 Å². The van der Waals surface area contributed by atoms with Crippen molar-refractivity contribution >= 4 is 17.0 Å². The van der Waals surface area contributed by atoms with Gasteiger partial charge in [0.05, 0.1) is 11.0 Å². The topological polar surface area (TPSA) is 81.4 Å². The third kappa shape index (κ3) is 4.39. The minimum Gasteiger partial charge on any atom is -0.480 e. The van der Waals surface area contributed by atoms with Crippen molar-refractivity contribution in [1.82, 2.24) is 9.55 Å². The molecular weight excluding hydrogens is 404 g/mol. The molecular formula is C26H24N2O4. The number of hydrogen-bond acceptors (Lipinski definition) is 4. The van der Waals surface area contributed by atoms with Gasteiger partial charge in [-0.1, -0.05) is 57.2 Å². The van der Waals surface area contributed by atoms with Crippen LogP contribution in [0.25, 0.3) is 22.2 Å². The van der Waals surface area contributed by atoms with Crippen LogP contribution in [0.4, 0.5) is 0 Å².